The average Bonchev–Trinajstić information content (AvgIpc) is 3.41. The lowest BCUT2D eigenvalue weighted by molar-refractivity contribution is -0.152. The normalized spacial score (nSPS) is 29.3. The molecule has 1 saturated carbocycles. The fraction of sp³-hybridized carbons (Fsp3) is 0.286. The number of rotatable bonds is 6. The van der Waals surface area contributed by atoms with Gasteiger partial charge in [0, 0.05) is 16.9 Å². The van der Waals surface area contributed by atoms with Gasteiger partial charge in [-0.2, -0.15) is 0 Å². The number of allylic oxidation sites excluding steroid dienone is 1. The number of likely N-dealkylation sites (tertiary alicyclic amines) is 2. The van der Waals surface area contributed by atoms with Crippen LogP contribution in [0.25, 0.3) is 0 Å². The van der Waals surface area contributed by atoms with E-state index in [9.17, 15) is 24.0 Å². The Hall–Kier alpha value is -4.85. The molecule has 6 atom stereocenters. The largest absolute Gasteiger partial charge is 0.423 e. The highest BCUT2D eigenvalue weighted by Crippen LogP contribution is 2.68. The van der Waals surface area contributed by atoms with Crippen LogP contribution < -0.4 is 4.74 Å². The third kappa shape index (κ3) is 3.85. The van der Waals surface area contributed by atoms with Gasteiger partial charge in [0.05, 0.1) is 36.8 Å². The molecule has 3 aliphatic carbocycles. The van der Waals surface area contributed by atoms with E-state index >= 15 is 0 Å². The van der Waals surface area contributed by atoms with E-state index in [0.717, 1.165) is 11.1 Å². The van der Waals surface area contributed by atoms with E-state index in [0.29, 0.717) is 11.3 Å². The molecule has 2 saturated heterocycles. The van der Waals surface area contributed by atoms with Gasteiger partial charge in [-0.3, -0.25) is 29.0 Å². The number of carbonyl (C=O) groups excluding carboxylic acids is 5. The lowest BCUT2D eigenvalue weighted by Gasteiger charge is -2.55. The first kappa shape index (κ1) is 27.0. The van der Waals surface area contributed by atoms with Gasteiger partial charge >= 0.3 is 5.97 Å². The molecule has 8 heteroatoms. The minimum absolute atomic E-state index is 0.0779. The van der Waals surface area contributed by atoms with Crippen LogP contribution in [0.2, 0.25) is 0 Å². The summed E-state index contributed by atoms with van der Waals surface area (Å²) < 4.78 is 5.79. The Balaban J connectivity index is 1.34. The predicted octanol–water partition coefficient (Wildman–Crippen LogP) is 4.16. The summed E-state index contributed by atoms with van der Waals surface area (Å²) in [6.07, 6.45) is 0. The van der Waals surface area contributed by atoms with Crippen molar-refractivity contribution in [1.29, 1.82) is 0 Å². The summed E-state index contributed by atoms with van der Waals surface area (Å²) in [7, 11) is 0. The van der Waals surface area contributed by atoms with Crippen molar-refractivity contribution in [3.05, 3.63) is 113 Å². The zero-order chi connectivity index (χ0) is 30.0. The van der Waals surface area contributed by atoms with E-state index in [4.69, 9.17) is 4.74 Å². The van der Waals surface area contributed by atoms with Crippen LogP contribution in [0.1, 0.15) is 25.0 Å². The number of esters is 1. The molecule has 8 nitrogen and oxygen atoms in total. The van der Waals surface area contributed by atoms with E-state index in [-0.39, 0.29) is 30.5 Å². The molecule has 0 aromatic heterocycles. The van der Waals surface area contributed by atoms with Gasteiger partial charge in [-0.15, -0.1) is 0 Å². The number of ether oxygens (including phenoxy) is 1. The first-order valence-corrected chi connectivity index (χ1v) is 14.5. The monoisotopic (exact) mass is 574 g/mol. The van der Waals surface area contributed by atoms with Gasteiger partial charge in [-0.1, -0.05) is 91.4 Å². The maximum absolute atomic E-state index is 14.3. The number of carbonyl (C=O) groups is 5. The smallest absolute Gasteiger partial charge is 0.339 e. The third-order valence-corrected chi connectivity index (χ3v) is 9.91. The Morgan fingerprint density at radius 2 is 1.07 bits per heavy atom. The van der Waals surface area contributed by atoms with E-state index in [2.05, 4.69) is 0 Å². The van der Waals surface area contributed by atoms with Crippen molar-refractivity contribution in [2.24, 2.45) is 35.0 Å². The summed E-state index contributed by atoms with van der Waals surface area (Å²) in [4.78, 5) is 73.2. The van der Waals surface area contributed by atoms with Crippen LogP contribution in [0.15, 0.2) is 102 Å². The molecule has 0 N–H and O–H groups in total. The van der Waals surface area contributed by atoms with Gasteiger partial charge in [0.25, 0.3) is 0 Å². The molecular formula is C35H30N2O6. The van der Waals surface area contributed by atoms with Crippen molar-refractivity contribution in [3.63, 3.8) is 0 Å². The van der Waals surface area contributed by atoms with Crippen molar-refractivity contribution in [2.45, 2.75) is 26.9 Å². The highest BCUT2D eigenvalue weighted by Gasteiger charge is 2.76. The zero-order valence-electron chi connectivity index (χ0n) is 23.8. The molecule has 2 heterocycles. The molecule has 2 bridgehead atoms. The molecule has 216 valence electrons. The first-order valence-electron chi connectivity index (χ1n) is 14.5. The topological polar surface area (TPSA) is 101 Å². The Labute approximate surface area is 248 Å². The summed E-state index contributed by atoms with van der Waals surface area (Å²) in [5, 5.41) is 0. The number of hydrogen-bond donors (Lipinski definition) is 0. The Morgan fingerprint density at radius 1 is 0.651 bits per heavy atom. The van der Waals surface area contributed by atoms with Crippen LogP contribution in [0.3, 0.4) is 0 Å². The van der Waals surface area contributed by atoms with Crippen molar-refractivity contribution in [1.82, 2.24) is 9.80 Å². The van der Waals surface area contributed by atoms with E-state index in [1.807, 2.05) is 60.7 Å². The first-order chi connectivity index (χ1) is 20.7. The van der Waals surface area contributed by atoms with Gasteiger partial charge in [-0.25, -0.2) is 4.79 Å². The van der Waals surface area contributed by atoms with Crippen molar-refractivity contribution < 1.29 is 28.7 Å². The maximum atomic E-state index is 14.3. The number of nitrogens with zero attached hydrogens (tertiary/aromatic N) is 2. The number of hydrogen-bond acceptors (Lipinski definition) is 6. The van der Waals surface area contributed by atoms with E-state index < -0.39 is 52.8 Å². The average molecular weight is 575 g/mol. The van der Waals surface area contributed by atoms with Gasteiger partial charge < -0.3 is 4.74 Å². The van der Waals surface area contributed by atoms with Crippen LogP contribution in [-0.4, -0.2) is 39.4 Å². The van der Waals surface area contributed by atoms with Gasteiger partial charge in [0.1, 0.15) is 5.75 Å². The summed E-state index contributed by atoms with van der Waals surface area (Å²) in [6, 6.07) is 27.0. The molecule has 5 aliphatic rings. The van der Waals surface area contributed by atoms with Crippen LogP contribution in [-0.2, 0) is 37.1 Å². The van der Waals surface area contributed by atoms with Crippen LogP contribution >= 0.6 is 0 Å². The lowest BCUT2D eigenvalue weighted by Crippen LogP contribution is -2.61. The lowest BCUT2D eigenvalue weighted by atomic mass is 9.43. The fourth-order valence-electron chi connectivity index (χ4n) is 8.22. The predicted molar refractivity (Wildman–Crippen MR) is 154 cm³/mol. The molecule has 2 unspecified atom stereocenters. The highest BCUT2D eigenvalue weighted by atomic mass is 16.5. The number of amides is 4. The molecule has 2 aliphatic heterocycles. The van der Waals surface area contributed by atoms with Crippen molar-refractivity contribution >= 4 is 29.6 Å². The summed E-state index contributed by atoms with van der Waals surface area (Å²) >= 11 is 0. The van der Waals surface area contributed by atoms with Crippen molar-refractivity contribution in [3.8, 4) is 5.75 Å². The standard InChI is InChI=1S/C35H30N2O6/c1-20-24-25-28(32(40)36(30(25)38)18-21-12-6-3-7-13-21)35(2,27(20)34(42)43-23-16-10-5-11-17-23)29-26(24)31(39)37(33(29)41)19-22-14-8-4-9-15-22/h3-17,24-26,28-29H,18-19H2,1-2H3/t24?,25-,26-,28-,29+,35?/m1/s1. The SMILES string of the molecule is CC1=C(C(=O)Oc2ccccc2)C2(C)[C@@H]3C(=O)N(Cc4ccccc4)C(=O)[C@@H]3C1[C@H]1C(=O)N(Cc3ccccc3)C(=O)[C@@H]12. The third-order valence-electron chi connectivity index (χ3n) is 9.91. The molecule has 4 amide bonds. The van der Waals surface area contributed by atoms with Crippen LogP contribution in [0, 0.1) is 35.0 Å². The molecule has 3 fully saturated rings. The fourth-order valence-corrected chi connectivity index (χ4v) is 8.22. The van der Waals surface area contributed by atoms with Crippen LogP contribution in [0.4, 0.5) is 0 Å². The molecule has 0 radical (unpaired) electrons. The second-order valence-electron chi connectivity index (χ2n) is 12.1. The van der Waals surface area contributed by atoms with Gasteiger partial charge in [-0.05, 0) is 30.2 Å². The molecule has 3 aromatic rings. The minimum atomic E-state index is -1.43. The molecular weight excluding hydrogens is 544 g/mol. The highest BCUT2D eigenvalue weighted by molar-refractivity contribution is 6.13. The molecule has 8 rings (SSSR count). The number of imide groups is 2. The van der Waals surface area contributed by atoms with Crippen molar-refractivity contribution in [2.75, 3.05) is 0 Å². The zero-order valence-corrected chi connectivity index (χ0v) is 23.8. The quantitative estimate of drug-likeness (QED) is 0.249. The molecule has 3 aromatic carbocycles. The maximum Gasteiger partial charge on any atom is 0.339 e. The van der Waals surface area contributed by atoms with E-state index in [1.165, 1.54) is 9.80 Å². The molecule has 43 heavy (non-hydrogen) atoms. The Kier molecular flexibility index (Phi) is 6.20. The van der Waals surface area contributed by atoms with Gasteiger partial charge in [0.15, 0.2) is 0 Å². The number of benzene rings is 3. The minimum Gasteiger partial charge on any atom is -0.423 e. The Bertz CT molecular complexity index is 1610. The number of para-hydroxylation sites is 1. The summed E-state index contributed by atoms with van der Waals surface area (Å²) in [5.41, 5.74) is 0.895. The second kappa shape index (κ2) is 9.87. The summed E-state index contributed by atoms with van der Waals surface area (Å²) in [5.74, 6) is -6.40. The summed E-state index contributed by atoms with van der Waals surface area (Å²) in [6.45, 7) is 3.60. The van der Waals surface area contributed by atoms with E-state index in [1.54, 1.807) is 44.2 Å². The van der Waals surface area contributed by atoms with Crippen LogP contribution in [0.5, 0.6) is 5.75 Å². The van der Waals surface area contributed by atoms with Gasteiger partial charge in [0.2, 0.25) is 23.6 Å². The Morgan fingerprint density at radius 3 is 1.51 bits per heavy atom. The second-order valence-corrected chi connectivity index (χ2v) is 12.1. The molecule has 0 spiro atoms.